The Morgan fingerprint density at radius 3 is 2.58 bits per heavy atom. The molecule has 1 aliphatic heterocycles. The van der Waals surface area contributed by atoms with Crippen molar-refractivity contribution in [1.29, 1.82) is 0 Å². The number of piperazine rings is 1. The summed E-state index contributed by atoms with van der Waals surface area (Å²) < 4.78 is 70.2. The summed E-state index contributed by atoms with van der Waals surface area (Å²) in [4.78, 5) is 11.0. The first-order valence-electron chi connectivity index (χ1n) is 7.10. The van der Waals surface area contributed by atoms with Gasteiger partial charge < -0.3 is 10.1 Å². The topological polar surface area (TPSA) is 75.7 Å². The molecule has 0 spiro atoms. The van der Waals surface area contributed by atoms with Crippen LogP contribution in [0.15, 0.2) is 23.1 Å². The highest BCUT2D eigenvalue weighted by Gasteiger charge is 2.38. The van der Waals surface area contributed by atoms with Gasteiger partial charge in [-0.3, -0.25) is 0 Å². The second-order valence-electron chi connectivity index (χ2n) is 5.41. The van der Waals surface area contributed by atoms with E-state index in [-0.39, 0.29) is 19.1 Å². The molecule has 1 N–H and O–H groups in total. The van der Waals surface area contributed by atoms with Gasteiger partial charge in [-0.05, 0) is 25.1 Å². The molecule has 1 saturated heterocycles. The van der Waals surface area contributed by atoms with E-state index < -0.39 is 38.2 Å². The number of hydrogen-bond donors (Lipinski definition) is 1. The maximum absolute atomic E-state index is 13.2. The fourth-order valence-corrected chi connectivity index (χ4v) is 4.03. The lowest BCUT2D eigenvalue weighted by atomic mass is 10.1. The second-order valence-corrected chi connectivity index (χ2v) is 7.35. The zero-order valence-electron chi connectivity index (χ0n) is 13.1. The minimum Gasteiger partial charge on any atom is -0.465 e. The van der Waals surface area contributed by atoms with Crippen molar-refractivity contribution in [3.8, 4) is 0 Å². The number of nitrogens with zero attached hydrogens (tertiary/aromatic N) is 1. The molecule has 0 aromatic heterocycles. The van der Waals surface area contributed by atoms with E-state index in [1.807, 2.05) is 0 Å². The molecule has 1 atom stereocenters. The highest BCUT2D eigenvalue weighted by Crippen LogP contribution is 2.34. The van der Waals surface area contributed by atoms with E-state index in [0.717, 1.165) is 23.5 Å². The average Bonchev–Trinajstić information content (AvgIpc) is 2.52. The molecule has 1 aromatic carbocycles. The van der Waals surface area contributed by atoms with Crippen LogP contribution in [-0.2, 0) is 20.9 Å². The van der Waals surface area contributed by atoms with Gasteiger partial charge in [-0.25, -0.2) is 13.2 Å². The molecule has 6 nitrogen and oxygen atoms in total. The molecule has 0 amide bonds. The van der Waals surface area contributed by atoms with Gasteiger partial charge in [-0.15, -0.1) is 0 Å². The van der Waals surface area contributed by atoms with Crippen molar-refractivity contribution in [2.75, 3.05) is 26.7 Å². The lowest BCUT2D eigenvalue weighted by molar-refractivity contribution is -0.138. The van der Waals surface area contributed by atoms with Crippen molar-refractivity contribution in [3.63, 3.8) is 0 Å². The quantitative estimate of drug-likeness (QED) is 0.820. The fourth-order valence-electron chi connectivity index (χ4n) is 2.47. The van der Waals surface area contributed by atoms with E-state index in [4.69, 9.17) is 0 Å². The molecule has 134 valence electrons. The Morgan fingerprint density at radius 1 is 1.38 bits per heavy atom. The molecule has 0 radical (unpaired) electrons. The monoisotopic (exact) mass is 366 g/mol. The zero-order valence-corrected chi connectivity index (χ0v) is 13.9. The largest absolute Gasteiger partial charge is 0.465 e. The number of halogens is 3. The van der Waals surface area contributed by atoms with Crippen molar-refractivity contribution in [2.45, 2.75) is 24.0 Å². The van der Waals surface area contributed by atoms with E-state index in [1.54, 1.807) is 6.92 Å². The third-order valence-corrected chi connectivity index (χ3v) is 5.53. The van der Waals surface area contributed by atoms with Gasteiger partial charge in [0.25, 0.3) is 0 Å². The minimum absolute atomic E-state index is 0.107. The molecular weight excluding hydrogens is 349 g/mol. The standard InChI is InChI=1S/C14H17F3N2O4S/c1-9-8-19(6-5-18-9)24(21,22)10-3-4-11(13(20)23-2)12(7-10)14(15,16)17/h3-4,7,9,18H,5-6,8H2,1-2H3/t9-/m1/s1. The van der Waals surface area contributed by atoms with Crippen molar-refractivity contribution in [1.82, 2.24) is 9.62 Å². The average molecular weight is 366 g/mol. The van der Waals surface area contributed by atoms with Crippen LogP contribution in [0.5, 0.6) is 0 Å². The Kier molecular flexibility index (Phi) is 5.21. The van der Waals surface area contributed by atoms with Crippen LogP contribution in [0.1, 0.15) is 22.8 Å². The normalized spacial score (nSPS) is 20.0. The lowest BCUT2D eigenvalue weighted by Gasteiger charge is -2.31. The van der Waals surface area contributed by atoms with Gasteiger partial charge in [0.2, 0.25) is 10.0 Å². The van der Waals surface area contributed by atoms with Crippen LogP contribution < -0.4 is 5.32 Å². The van der Waals surface area contributed by atoms with Crippen LogP contribution in [0.2, 0.25) is 0 Å². The number of carbonyl (C=O) groups excluding carboxylic acids is 1. The summed E-state index contributed by atoms with van der Waals surface area (Å²) >= 11 is 0. The number of benzene rings is 1. The Balaban J connectivity index is 2.49. The van der Waals surface area contributed by atoms with E-state index in [0.29, 0.717) is 12.6 Å². The molecule has 10 heteroatoms. The van der Waals surface area contributed by atoms with Crippen molar-refractivity contribution in [2.24, 2.45) is 0 Å². The third-order valence-electron chi connectivity index (χ3n) is 3.67. The van der Waals surface area contributed by atoms with Crippen LogP contribution in [0, 0.1) is 0 Å². The van der Waals surface area contributed by atoms with Crippen LogP contribution in [-0.4, -0.2) is 51.5 Å². The molecule has 1 fully saturated rings. The number of nitrogens with one attached hydrogen (secondary N) is 1. The molecule has 0 saturated carbocycles. The number of sulfonamides is 1. The van der Waals surface area contributed by atoms with E-state index >= 15 is 0 Å². The van der Waals surface area contributed by atoms with Gasteiger partial charge in [0.1, 0.15) is 0 Å². The summed E-state index contributed by atoms with van der Waals surface area (Å²) in [7, 11) is -3.13. The first-order valence-corrected chi connectivity index (χ1v) is 8.54. The van der Waals surface area contributed by atoms with Gasteiger partial charge in [0, 0.05) is 25.7 Å². The summed E-state index contributed by atoms with van der Waals surface area (Å²) in [6, 6.07) is 2.19. The van der Waals surface area contributed by atoms with Gasteiger partial charge in [-0.2, -0.15) is 17.5 Å². The maximum Gasteiger partial charge on any atom is 0.417 e. The van der Waals surface area contributed by atoms with Crippen LogP contribution in [0.4, 0.5) is 13.2 Å². The number of ether oxygens (including phenoxy) is 1. The third kappa shape index (κ3) is 3.70. The van der Waals surface area contributed by atoms with Gasteiger partial charge in [0.05, 0.1) is 23.1 Å². The number of alkyl halides is 3. The molecule has 1 heterocycles. The van der Waals surface area contributed by atoms with E-state index in [2.05, 4.69) is 10.1 Å². The Bertz CT molecular complexity index is 734. The summed E-state index contributed by atoms with van der Waals surface area (Å²) in [6.45, 7) is 2.51. The van der Waals surface area contributed by atoms with E-state index in [1.165, 1.54) is 0 Å². The fraction of sp³-hybridized carbons (Fsp3) is 0.500. The predicted octanol–water partition coefficient (Wildman–Crippen LogP) is 1.47. The highest BCUT2D eigenvalue weighted by molar-refractivity contribution is 7.89. The predicted molar refractivity (Wildman–Crippen MR) is 79.0 cm³/mol. The number of esters is 1. The molecular formula is C14H17F3N2O4S. The van der Waals surface area contributed by atoms with Crippen molar-refractivity contribution in [3.05, 3.63) is 29.3 Å². The number of rotatable bonds is 3. The molecule has 1 aliphatic rings. The van der Waals surface area contributed by atoms with E-state index in [9.17, 15) is 26.4 Å². The van der Waals surface area contributed by atoms with Crippen LogP contribution in [0.3, 0.4) is 0 Å². The smallest absolute Gasteiger partial charge is 0.417 e. The molecule has 1 aromatic rings. The molecule has 0 unspecified atom stereocenters. The number of methoxy groups -OCH3 is 1. The lowest BCUT2D eigenvalue weighted by Crippen LogP contribution is -2.51. The van der Waals surface area contributed by atoms with Crippen molar-refractivity contribution < 1.29 is 31.1 Å². The van der Waals surface area contributed by atoms with Crippen molar-refractivity contribution >= 4 is 16.0 Å². The summed E-state index contributed by atoms with van der Waals surface area (Å²) in [5.41, 5.74) is -2.06. The minimum atomic E-state index is -4.88. The zero-order chi connectivity index (χ0) is 18.1. The van der Waals surface area contributed by atoms with Crippen LogP contribution >= 0.6 is 0 Å². The first kappa shape index (κ1) is 18.7. The Morgan fingerprint density at radius 2 is 2.04 bits per heavy atom. The summed E-state index contributed by atoms with van der Waals surface area (Å²) in [5.74, 6) is -1.18. The Labute approximate surface area is 137 Å². The van der Waals surface area contributed by atoms with Gasteiger partial charge in [0.15, 0.2) is 0 Å². The molecule has 0 bridgehead atoms. The van der Waals surface area contributed by atoms with Gasteiger partial charge >= 0.3 is 12.1 Å². The summed E-state index contributed by atoms with van der Waals surface area (Å²) in [6.07, 6.45) is -4.88. The molecule has 24 heavy (non-hydrogen) atoms. The Hall–Kier alpha value is -1.65. The van der Waals surface area contributed by atoms with Crippen LogP contribution in [0.25, 0.3) is 0 Å². The number of hydrogen-bond acceptors (Lipinski definition) is 5. The molecule has 0 aliphatic carbocycles. The first-order chi connectivity index (χ1) is 11.1. The SMILES string of the molecule is COC(=O)c1ccc(S(=O)(=O)N2CCN[C@H](C)C2)cc1C(F)(F)F. The second kappa shape index (κ2) is 6.69. The summed E-state index contributed by atoms with van der Waals surface area (Å²) in [5, 5.41) is 3.06. The maximum atomic E-state index is 13.2. The highest BCUT2D eigenvalue weighted by atomic mass is 32.2. The number of carbonyl (C=O) groups is 1. The molecule has 2 rings (SSSR count). The van der Waals surface area contributed by atoms with Gasteiger partial charge in [-0.1, -0.05) is 0 Å².